The molecule has 9 heteroatoms. The van der Waals surface area contributed by atoms with Crippen molar-refractivity contribution in [3.8, 4) is 11.5 Å². The lowest BCUT2D eigenvalue weighted by Crippen LogP contribution is -2.17. The van der Waals surface area contributed by atoms with Crippen molar-refractivity contribution in [2.75, 3.05) is 20.0 Å². The van der Waals surface area contributed by atoms with Gasteiger partial charge in [-0.3, -0.25) is 9.59 Å². The van der Waals surface area contributed by atoms with Gasteiger partial charge in [-0.05, 0) is 30.7 Å². The third-order valence-electron chi connectivity index (χ3n) is 4.05. The quantitative estimate of drug-likeness (QED) is 0.459. The Bertz CT molecular complexity index is 926. The van der Waals surface area contributed by atoms with E-state index in [2.05, 4.69) is 0 Å². The van der Waals surface area contributed by atoms with Crippen LogP contribution >= 0.6 is 11.6 Å². The summed E-state index contributed by atoms with van der Waals surface area (Å²) in [4.78, 5) is 24.2. The van der Waals surface area contributed by atoms with Gasteiger partial charge >= 0.3 is 6.18 Å². The fourth-order valence-corrected chi connectivity index (χ4v) is 3.14. The van der Waals surface area contributed by atoms with Crippen molar-refractivity contribution in [1.29, 1.82) is 0 Å². The van der Waals surface area contributed by atoms with Crippen LogP contribution in [-0.4, -0.2) is 26.3 Å². The molecule has 0 aliphatic heterocycles. The molecule has 2 rings (SSSR count). The van der Waals surface area contributed by atoms with Crippen LogP contribution in [0, 0.1) is 6.92 Å². The summed E-state index contributed by atoms with van der Waals surface area (Å²) in [6, 6.07) is 4.09. The van der Waals surface area contributed by atoms with Crippen LogP contribution in [0.15, 0.2) is 18.2 Å². The van der Waals surface area contributed by atoms with Crippen LogP contribution in [0.2, 0.25) is 5.02 Å². The number of methoxy groups -OCH3 is 2. The molecule has 2 N–H and O–H groups in total. The zero-order chi connectivity index (χ0) is 20.5. The molecule has 0 heterocycles. The SMILES string of the molecule is COc1ccc(C(=O)c2c(C)c(C=O)c(N)c(C(F)(F)F)c2Cl)cc1OC. The average Bonchev–Trinajstić information content (AvgIpc) is 2.59. The normalized spacial score (nSPS) is 11.2. The molecule has 0 saturated heterocycles. The molecule has 0 fully saturated rings. The van der Waals surface area contributed by atoms with E-state index >= 15 is 0 Å². The maximum Gasteiger partial charge on any atom is 0.419 e. The Kier molecular flexibility index (Phi) is 5.70. The van der Waals surface area contributed by atoms with Crippen LogP contribution in [-0.2, 0) is 6.18 Å². The molecular weight excluding hydrogens is 387 g/mol. The molecule has 0 atom stereocenters. The van der Waals surface area contributed by atoms with Gasteiger partial charge in [-0.2, -0.15) is 13.2 Å². The van der Waals surface area contributed by atoms with E-state index in [9.17, 15) is 22.8 Å². The van der Waals surface area contributed by atoms with E-state index in [0.717, 1.165) is 0 Å². The van der Waals surface area contributed by atoms with Gasteiger partial charge in [0, 0.05) is 16.7 Å². The maximum absolute atomic E-state index is 13.4. The van der Waals surface area contributed by atoms with Crippen molar-refractivity contribution in [1.82, 2.24) is 0 Å². The number of ketones is 1. The Labute approximate surface area is 157 Å². The van der Waals surface area contributed by atoms with Gasteiger partial charge in [0.05, 0.1) is 30.5 Å². The second-order valence-corrected chi connectivity index (χ2v) is 5.91. The minimum atomic E-state index is -4.95. The number of hydrogen-bond acceptors (Lipinski definition) is 5. The second-order valence-electron chi connectivity index (χ2n) is 5.53. The molecule has 0 saturated carbocycles. The minimum absolute atomic E-state index is 0.00685. The summed E-state index contributed by atoms with van der Waals surface area (Å²) < 4.78 is 50.3. The Morgan fingerprint density at radius 3 is 2.26 bits per heavy atom. The predicted octanol–water partition coefficient (Wildman–Crippen LogP) is 4.31. The highest BCUT2D eigenvalue weighted by atomic mass is 35.5. The van der Waals surface area contributed by atoms with E-state index in [-0.39, 0.29) is 23.2 Å². The number of alkyl halides is 3. The molecule has 0 amide bonds. The Hall–Kier alpha value is -2.74. The monoisotopic (exact) mass is 401 g/mol. The number of rotatable bonds is 5. The maximum atomic E-state index is 13.4. The van der Waals surface area contributed by atoms with Crippen LogP contribution < -0.4 is 15.2 Å². The van der Waals surface area contributed by atoms with Crippen molar-refractivity contribution in [3.05, 3.63) is 51.0 Å². The highest BCUT2D eigenvalue weighted by Crippen LogP contribution is 2.44. The van der Waals surface area contributed by atoms with Gasteiger partial charge in [0.15, 0.2) is 23.6 Å². The number of nitrogen functional groups attached to an aromatic ring is 1. The number of halogens is 4. The second kappa shape index (κ2) is 7.48. The first-order chi connectivity index (χ1) is 12.6. The molecular formula is C18H15ClF3NO4. The predicted molar refractivity (Wildman–Crippen MR) is 94.0 cm³/mol. The molecule has 0 aliphatic rings. The summed E-state index contributed by atoms with van der Waals surface area (Å²) in [7, 11) is 2.74. The number of aldehydes is 1. The van der Waals surface area contributed by atoms with Gasteiger partial charge in [-0.15, -0.1) is 0 Å². The molecule has 0 aliphatic carbocycles. The molecule has 144 valence electrons. The van der Waals surface area contributed by atoms with E-state index in [1.165, 1.54) is 39.3 Å². The number of carbonyl (C=O) groups excluding carboxylic acids is 2. The van der Waals surface area contributed by atoms with Crippen LogP contribution in [0.5, 0.6) is 11.5 Å². The molecule has 27 heavy (non-hydrogen) atoms. The van der Waals surface area contributed by atoms with Crippen LogP contribution in [0.25, 0.3) is 0 Å². The minimum Gasteiger partial charge on any atom is -0.493 e. The van der Waals surface area contributed by atoms with Gasteiger partial charge in [0.2, 0.25) is 0 Å². The number of nitrogens with two attached hydrogens (primary N) is 1. The highest BCUT2D eigenvalue weighted by Gasteiger charge is 2.39. The first-order valence-corrected chi connectivity index (χ1v) is 7.86. The smallest absolute Gasteiger partial charge is 0.419 e. The summed E-state index contributed by atoms with van der Waals surface area (Å²) in [5.41, 5.74) is 2.34. The number of ether oxygens (including phenoxy) is 2. The first-order valence-electron chi connectivity index (χ1n) is 7.49. The zero-order valence-electron chi connectivity index (χ0n) is 14.5. The molecule has 0 unspecified atom stereocenters. The average molecular weight is 402 g/mol. The summed E-state index contributed by atoms with van der Waals surface area (Å²) in [5, 5.41) is -0.858. The van der Waals surface area contributed by atoms with Gasteiger partial charge in [0.1, 0.15) is 0 Å². The molecule has 2 aromatic carbocycles. The van der Waals surface area contributed by atoms with Crippen molar-refractivity contribution in [3.63, 3.8) is 0 Å². The standard InChI is InChI=1S/C18H15ClF3NO4/c1-8-10(7-24)16(23)14(18(20,21)22)15(19)13(8)17(25)9-4-5-11(26-2)12(6-9)27-3/h4-7H,23H2,1-3H3. The molecule has 0 spiro atoms. The number of benzene rings is 2. The Morgan fingerprint density at radius 1 is 1.19 bits per heavy atom. The van der Waals surface area contributed by atoms with Crippen LogP contribution in [0.4, 0.5) is 18.9 Å². The highest BCUT2D eigenvalue weighted by molar-refractivity contribution is 6.37. The topological polar surface area (TPSA) is 78.6 Å². The lowest BCUT2D eigenvalue weighted by molar-refractivity contribution is -0.136. The van der Waals surface area contributed by atoms with Gasteiger partial charge < -0.3 is 15.2 Å². The van der Waals surface area contributed by atoms with E-state index in [0.29, 0.717) is 5.75 Å². The zero-order valence-corrected chi connectivity index (χ0v) is 15.3. The largest absolute Gasteiger partial charge is 0.493 e. The summed E-state index contributed by atoms with van der Waals surface area (Å²) in [6.07, 6.45) is -4.78. The molecule has 0 aromatic heterocycles. The molecule has 5 nitrogen and oxygen atoms in total. The van der Waals surface area contributed by atoms with Crippen molar-refractivity contribution in [2.45, 2.75) is 13.1 Å². The van der Waals surface area contributed by atoms with Gasteiger partial charge in [0.25, 0.3) is 0 Å². The third kappa shape index (κ3) is 3.57. The van der Waals surface area contributed by atoms with Crippen molar-refractivity contribution < 1.29 is 32.2 Å². The first kappa shape index (κ1) is 20.6. The fourth-order valence-electron chi connectivity index (χ4n) is 2.70. The summed E-state index contributed by atoms with van der Waals surface area (Å²) >= 11 is 5.92. The van der Waals surface area contributed by atoms with E-state index in [1.807, 2.05) is 0 Å². The van der Waals surface area contributed by atoms with Crippen molar-refractivity contribution >= 4 is 29.4 Å². The number of carbonyl (C=O) groups is 2. The van der Waals surface area contributed by atoms with Gasteiger partial charge in [-0.25, -0.2) is 0 Å². The van der Waals surface area contributed by atoms with Crippen molar-refractivity contribution in [2.24, 2.45) is 0 Å². The molecule has 0 radical (unpaired) electrons. The van der Waals surface area contributed by atoms with E-state index < -0.39 is 39.4 Å². The van der Waals surface area contributed by atoms with E-state index in [1.54, 1.807) is 0 Å². The molecule has 0 bridgehead atoms. The number of hydrogen-bond donors (Lipinski definition) is 1. The third-order valence-corrected chi connectivity index (χ3v) is 4.43. The Balaban J connectivity index is 2.78. The fraction of sp³-hybridized carbons (Fsp3) is 0.222. The lowest BCUT2D eigenvalue weighted by Gasteiger charge is -2.19. The van der Waals surface area contributed by atoms with E-state index in [4.69, 9.17) is 26.8 Å². The summed E-state index contributed by atoms with van der Waals surface area (Å²) in [6.45, 7) is 1.31. The van der Waals surface area contributed by atoms with Gasteiger partial charge in [-0.1, -0.05) is 11.6 Å². The lowest BCUT2D eigenvalue weighted by atomic mass is 9.91. The Morgan fingerprint density at radius 2 is 1.78 bits per heavy atom. The summed E-state index contributed by atoms with van der Waals surface area (Å²) in [5.74, 6) is -0.273. The number of anilines is 1. The van der Waals surface area contributed by atoms with Crippen LogP contribution in [0.1, 0.15) is 37.4 Å². The molecule has 2 aromatic rings. The van der Waals surface area contributed by atoms with Crippen LogP contribution in [0.3, 0.4) is 0 Å².